The van der Waals surface area contributed by atoms with Crippen LogP contribution in [-0.2, 0) is 9.47 Å². The molecule has 0 bridgehead atoms. The Morgan fingerprint density at radius 1 is 1.47 bits per heavy atom. The molecule has 1 rings (SSSR count). The van der Waals surface area contributed by atoms with E-state index in [2.05, 4.69) is 10.0 Å². The third kappa shape index (κ3) is 2.37. The third-order valence-electron chi connectivity index (χ3n) is 2.27. The summed E-state index contributed by atoms with van der Waals surface area (Å²) in [5, 5.41) is 31.2. The van der Waals surface area contributed by atoms with E-state index in [4.69, 9.17) is 20.1 Å². The van der Waals surface area contributed by atoms with Crippen molar-refractivity contribution in [3.8, 4) is 0 Å². The van der Waals surface area contributed by atoms with Crippen LogP contribution in [0, 0.1) is 0 Å². The van der Waals surface area contributed by atoms with Crippen molar-refractivity contribution in [1.82, 2.24) is 0 Å². The third-order valence-corrected chi connectivity index (χ3v) is 2.27. The largest absolute Gasteiger partial charge is 0.394 e. The highest BCUT2D eigenvalue weighted by molar-refractivity contribution is 4.93. The van der Waals surface area contributed by atoms with E-state index in [1.165, 1.54) is 7.11 Å². The van der Waals surface area contributed by atoms with Crippen molar-refractivity contribution in [3.63, 3.8) is 0 Å². The lowest BCUT2D eigenvalue weighted by atomic mass is 9.98. The predicted octanol–water partition coefficient (Wildman–Crippen LogP) is -1.25. The summed E-state index contributed by atoms with van der Waals surface area (Å²) in [6, 6.07) is -1.03. The molecule has 5 atom stereocenters. The highest BCUT2D eigenvalue weighted by atomic mass is 16.7. The van der Waals surface area contributed by atoms with Crippen LogP contribution in [-0.4, -0.2) is 59.7 Å². The summed E-state index contributed by atoms with van der Waals surface area (Å²) in [6.45, 7) is -0.457. The van der Waals surface area contributed by atoms with Crippen molar-refractivity contribution in [2.45, 2.75) is 30.6 Å². The van der Waals surface area contributed by atoms with Crippen LogP contribution in [0.5, 0.6) is 0 Å². The molecule has 0 aromatic carbocycles. The van der Waals surface area contributed by atoms with E-state index in [-0.39, 0.29) is 0 Å². The van der Waals surface area contributed by atoms with E-state index in [1.54, 1.807) is 0 Å². The Kier molecular flexibility index (Phi) is 4.28. The van der Waals surface area contributed by atoms with Gasteiger partial charge in [-0.2, -0.15) is 0 Å². The zero-order valence-electron chi connectivity index (χ0n) is 8.09. The molecule has 1 heterocycles. The van der Waals surface area contributed by atoms with Gasteiger partial charge < -0.3 is 24.8 Å². The number of ether oxygens (including phenoxy) is 2. The van der Waals surface area contributed by atoms with Gasteiger partial charge in [-0.05, 0) is 5.53 Å². The Balaban J connectivity index is 2.83. The molecule has 1 fully saturated rings. The summed E-state index contributed by atoms with van der Waals surface area (Å²) in [7, 11) is 1.31. The van der Waals surface area contributed by atoms with E-state index in [1.807, 2.05) is 0 Å². The van der Waals surface area contributed by atoms with Gasteiger partial charge in [-0.15, -0.1) is 0 Å². The van der Waals surface area contributed by atoms with E-state index in [0.29, 0.717) is 0 Å². The van der Waals surface area contributed by atoms with Crippen LogP contribution in [0.3, 0.4) is 0 Å². The lowest BCUT2D eigenvalue weighted by Crippen LogP contribution is -2.58. The van der Waals surface area contributed by atoms with Gasteiger partial charge in [0.2, 0.25) is 0 Å². The van der Waals surface area contributed by atoms with Gasteiger partial charge in [0.15, 0.2) is 6.29 Å². The van der Waals surface area contributed by atoms with Gasteiger partial charge in [-0.25, -0.2) is 0 Å². The van der Waals surface area contributed by atoms with Crippen molar-refractivity contribution in [2.24, 2.45) is 5.11 Å². The molecule has 0 aromatic heterocycles. The Labute approximate surface area is 85.7 Å². The molecular weight excluding hydrogens is 206 g/mol. The number of hydrogen-bond acceptors (Lipinski definition) is 6. The minimum atomic E-state index is -1.32. The maximum absolute atomic E-state index is 9.59. The lowest BCUT2D eigenvalue weighted by molar-refractivity contribution is -0.257. The molecular formula is C7H13N3O5. The monoisotopic (exact) mass is 219 g/mol. The van der Waals surface area contributed by atoms with Crippen molar-refractivity contribution in [1.29, 1.82) is 0 Å². The quantitative estimate of drug-likeness (QED) is 0.310. The number of methoxy groups -OCH3 is 1. The highest BCUT2D eigenvalue weighted by Crippen LogP contribution is 2.23. The van der Waals surface area contributed by atoms with E-state index in [9.17, 15) is 10.2 Å². The molecule has 0 unspecified atom stereocenters. The van der Waals surface area contributed by atoms with Crippen LogP contribution in [0.15, 0.2) is 5.11 Å². The van der Waals surface area contributed by atoms with E-state index < -0.39 is 37.3 Å². The first-order valence-corrected chi connectivity index (χ1v) is 4.35. The Morgan fingerprint density at radius 2 is 2.13 bits per heavy atom. The lowest BCUT2D eigenvalue weighted by Gasteiger charge is -2.39. The molecule has 1 saturated heterocycles. The molecule has 0 spiro atoms. The summed E-state index contributed by atoms with van der Waals surface area (Å²) in [5.74, 6) is 0. The Morgan fingerprint density at radius 3 is 2.60 bits per heavy atom. The molecule has 1 aliphatic rings. The maximum Gasteiger partial charge on any atom is 0.168 e. The van der Waals surface area contributed by atoms with Gasteiger partial charge >= 0.3 is 0 Å². The second-order valence-corrected chi connectivity index (χ2v) is 3.14. The summed E-state index contributed by atoms with van der Waals surface area (Å²) in [4.78, 5) is 2.52. The molecule has 86 valence electrons. The fraction of sp³-hybridized carbons (Fsp3) is 1.00. The smallest absolute Gasteiger partial charge is 0.168 e. The zero-order chi connectivity index (χ0) is 11.4. The molecule has 3 N–H and O–H groups in total. The van der Waals surface area contributed by atoms with Crippen molar-refractivity contribution >= 4 is 0 Å². The van der Waals surface area contributed by atoms with Gasteiger partial charge in [0.25, 0.3) is 0 Å². The second-order valence-electron chi connectivity index (χ2n) is 3.14. The van der Waals surface area contributed by atoms with Gasteiger partial charge in [0, 0.05) is 12.0 Å². The summed E-state index contributed by atoms with van der Waals surface area (Å²) in [6.07, 6.45) is -4.56. The maximum atomic E-state index is 9.59. The number of hydrogen-bond donors (Lipinski definition) is 3. The van der Waals surface area contributed by atoms with Crippen LogP contribution in [0.4, 0.5) is 0 Å². The van der Waals surface area contributed by atoms with E-state index >= 15 is 0 Å². The van der Waals surface area contributed by atoms with Crippen molar-refractivity contribution < 1.29 is 24.8 Å². The molecule has 0 aliphatic carbocycles. The topological polar surface area (TPSA) is 128 Å². The van der Waals surface area contributed by atoms with Gasteiger partial charge in [-0.3, -0.25) is 0 Å². The summed E-state index contributed by atoms with van der Waals surface area (Å²) in [5.41, 5.74) is 8.26. The van der Waals surface area contributed by atoms with Crippen LogP contribution in [0.2, 0.25) is 0 Å². The fourth-order valence-electron chi connectivity index (χ4n) is 1.44. The Bertz CT molecular complexity index is 255. The first-order chi connectivity index (χ1) is 7.15. The molecule has 0 saturated carbocycles. The van der Waals surface area contributed by atoms with Gasteiger partial charge in [0.05, 0.1) is 12.7 Å². The summed E-state index contributed by atoms with van der Waals surface area (Å²) >= 11 is 0. The number of azide groups is 1. The number of nitrogens with zero attached hydrogens (tertiary/aromatic N) is 3. The van der Waals surface area contributed by atoms with Crippen LogP contribution in [0.1, 0.15) is 0 Å². The SMILES string of the molecule is CO[C@@H]1O[C@H](CO)[C@H](O)[C@@H](O)[C@@H]1N=[N+]=[N-]. The normalized spacial score (nSPS) is 40.9. The Hall–Kier alpha value is -0.890. The highest BCUT2D eigenvalue weighted by Gasteiger charge is 2.43. The molecule has 1 aliphatic heterocycles. The standard InChI is InChI=1S/C7H13N3O5/c1-14-7-4(9-10-8)6(13)5(12)3(2-11)15-7/h3-7,11-13H,2H2,1H3/t3-,4+,5+,6+,7-/m1/s1. The molecule has 0 radical (unpaired) electrons. The van der Waals surface area contributed by atoms with Crippen molar-refractivity contribution in [2.75, 3.05) is 13.7 Å². The molecule has 0 amide bonds. The van der Waals surface area contributed by atoms with Gasteiger partial charge in [-0.1, -0.05) is 5.11 Å². The van der Waals surface area contributed by atoms with E-state index in [0.717, 1.165) is 0 Å². The fourth-order valence-corrected chi connectivity index (χ4v) is 1.44. The first-order valence-electron chi connectivity index (χ1n) is 4.35. The molecule has 8 heteroatoms. The average molecular weight is 219 g/mol. The number of aliphatic hydroxyl groups excluding tert-OH is 3. The minimum absolute atomic E-state index is 0.457. The van der Waals surface area contributed by atoms with Gasteiger partial charge in [0.1, 0.15) is 18.2 Å². The van der Waals surface area contributed by atoms with Crippen LogP contribution >= 0.6 is 0 Å². The summed E-state index contributed by atoms with van der Waals surface area (Å²) < 4.78 is 9.92. The van der Waals surface area contributed by atoms with Crippen molar-refractivity contribution in [3.05, 3.63) is 10.4 Å². The molecule has 15 heavy (non-hydrogen) atoms. The van der Waals surface area contributed by atoms with Crippen LogP contribution < -0.4 is 0 Å². The molecule has 0 aromatic rings. The minimum Gasteiger partial charge on any atom is -0.394 e. The second kappa shape index (κ2) is 5.26. The first kappa shape index (κ1) is 12.2. The van der Waals surface area contributed by atoms with Crippen LogP contribution in [0.25, 0.3) is 10.4 Å². The average Bonchev–Trinajstić information content (AvgIpc) is 2.25. The number of aliphatic hydroxyl groups is 3. The predicted molar refractivity (Wildman–Crippen MR) is 47.7 cm³/mol. The zero-order valence-corrected chi connectivity index (χ0v) is 8.09. The number of rotatable bonds is 3. The molecule has 8 nitrogen and oxygen atoms in total.